The van der Waals surface area contributed by atoms with Crippen LogP contribution in [-0.2, 0) is 6.54 Å². The summed E-state index contributed by atoms with van der Waals surface area (Å²) in [5.41, 5.74) is 1.16. The number of phenolic OH excluding ortho intramolecular Hbond substituents is 1. The summed E-state index contributed by atoms with van der Waals surface area (Å²) >= 11 is 1.51. The average Bonchev–Trinajstić information content (AvgIpc) is 3.39. The number of thiophene rings is 1. The lowest BCUT2D eigenvalue weighted by atomic mass is 10.2. The summed E-state index contributed by atoms with van der Waals surface area (Å²) < 4.78 is 19.6. The van der Waals surface area contributed by atoms with Gasteiger partial charge in [0.1, 0.15) is 11.6 Å². The molecule has 0 radical (unpaired) electrons. The van der Waals surface area contributed by atoms with E-state index in [1.165, 1.54) is 28.6 Å². The quantitative estimate of drug-likeness (QED) is 0.473. The van der Waals surface area contributed by atoms with Crippen molar-refractivity contribution < 1.29 is 18.7 Å². The first kappa shape index (κ1) is 18.0. The summed E-state index contributed by atoms with van der Waals surface area (Å²) in [6.45, 7) is 0.212. The van der Waals surface area contributed by atoms with Gasteiger partial charge in [0, 0.05) is 9.75 Å². The zero-order valence-electron chi connectivity index (χ0n) is 14.7. The van der Waals surface area contributed by atoms with Crippen LogP contribution in [0.15, 0.2) is 83.5 Å². The molecule has 0 unspecified atom stereocenters. The van der Waals surface area contributed by atoms with E-state index < -0.39 is 11.7 Å². The van der Waals surface area contributed by atoms with E-state index in [-0.39, 0.29) is 23.7 Å². The Bertz CT molecular complexity index is 1090. The van der Waals surface area contributed by atoms with Crippen molar-refractivity contribution in [3.8, 4) is 16.2 Å². The van der Waals surface area contributed by atoms with Crippen LogP contribution >= 0.6 is 11.3 Å². The second kappa shape index (κ2) is 7.70. The predicted octanol–water partition coefficient (Wildman–Crippen LogP) is 5.70. The number of phenols is 1. The number of benzene rings is 2. The molecule has 1 N–H and O–H groups in total. The second-order valence-corrected chi connectivity index (χ2v) is 7.30. The minimum absolute atomic E-state index is 0.151. The molecule has 4 nitrogen and oxygen atoms in total. The van der Waals surface area contributed by atoms with E-state index in [9.17, 15) is 14.3 Å². The number of para-hydroxylation sites is 1. The van der Waals surface area contributed by atoms with E-state index in [0.717, 1.165) is 15.3 Å². The van der Waals surface area contributed by atoms with Gasteiger partial charge in [0.05, 0.1) is 18.5 Å². The standard InChI is InChI=1S/C22H16FNO3S/c23-18-4-1-2-5-19(18)24(22(26)20-6-3-13-27-20)14-17-11-12-21(28-17)15-7-9-16(25)10-8-15/h1-13,25H,14H2. The van der Waals surface area contributed by atoms with Gasteiger partial charge >= 0.3 is 0 Å². The van der Waals surface area contributed by atoms with Crippen LogP contribution in [0.2, 0.25) is 0 Å². The Labute approximate surface area is 165 Å². The third-order valence-corrected chi connectivity index (χ3v) is 5.37. The van der Waals surface area contributed by atoms with Crippen LogP contribution in [0, 0.1) is 5.82 Å². The van der Waals surface area contributed by atoms with Gasteiger partial charge in [-0.1, -0.05) is 12.1 Å². The van der Waals surface area contributed by atoms with Crippen molar-refractivity contribution in [2.75, 3.05) is 4.90 Å². The Kier molecular flexibility index (Phi) is 4.95. The highest BCUT2D eigenvalue weighted by Gasteiger charge is 2.23. The van der Waals surface area contributed by atoms with E-state index in [0.29, 0.717) is 0 Å². The molecule has 4 aromatic rings. The van der Waals surface area contributed by atoms with Gasteiger partial charge in [-0.05, 0) is 66.2 Å². The molecule has 2 heterocycles. The van der Waals surface area contributed by atoms with E-state index in [1.54, 1.807) is 42.5 Å². The maximum absolute atomic E-state index is 14.4. The maximum atomic E-state index is 14.4. The van der Waals surface area contributed by atoms with Gasteiger partial charge in [-0.15, -0.1) is 11.3 Å². The fourth-order valence-corrected chi connectivity index (χ4v) is 3.87. The van der Waals surface area contributed by atoms with E-state index in [4.69, 9.17) is 4.42 Å². The number of anilines is 1. The van der Waals surface area contributed by atoms with Crippen molar-refractivity contribution in [1.82, 2.24) is 0 Å². The van der Waals surface area contributed by atoms with E-state index in [2.05, 4.69) is 0 Å². The number of amides is 1. The van der Waals surface area contributed by atoms with Crippen molar-refractivity contribution in [1.29, 1.82) is 0 Å². The minimum Gasteiger partial charge on any atom is -0.508 e. The molecule has 2 aromatic heterocycles. The van der Waals surface area contributed by atoms with Gasteiger partial charge in [-0.2, -0.15) is 0 Å². The van der Waals surface area contributed by atoms with Crippen LogP contribution in [0.5, 0.6) is 5.75 Å². The molecule has 140 valence electrons. The second-order valence-electron chi connectivity index (χ2n) is 6.13. The number of hydrogen-bond acceptors (Lipinski definition) is 4. The van der Waals surface area contributed by atoms with Crippen molar-refractivity contribution in [3.63, 3.8) is 0 Å². The number of aromatic hydroxyl groups is 1. The Morgan fingerprint density at radius 1 is 1.00 bits per heavy atom. The third kappa shape index (κ3) is 3.68. The Morgan fingerprint density at radius 2 is 1.79 bits per heavy atom. The van der Waals surface area contributed by atoms with Gasteiger partial charge in [-0.3, -0.25) is 9.69 Å². The lowest BCUT2D eigenvalue weighted by Gasteiger charge is -2.21. The highest BCUT2D eigenvalue weighted by molar-refractivity contribution is 7.15. The number of rotatable bonds is 5. The normalized spacial score (nSPS) is 10.8. The first-order chi connectivity index (χ1) is 13.6. The van der Waals surface area contributed by atoms with Crippen molar-refractivity contribution >= 4 is 22.9 Å². The van der Waals surface area contributed by atoms with Gasteiger partial charge in [0.25, 0.3) is 5.91 Å². The summed E-state index contributed by atoms with van der Waals surface area (Å²) in [7, 11) is 0. The molecule has 28 heavy (non-hydrogen) atoms. The van der Waals surface area contributed by atoms with Crippen LogP contribution in [0.1, 0.15) is 15.4 Å². The summed E-state index contributed by atoms with van der Waals surface area (Å²) in [5, 5.41) is 9.45. The molecule has 1 amide bonds. The lowest BCUT2D eigenvalue weighted by Crippen LogP contribution is -2.30. The van der Waals surface area contributed by atoms with Crippen LogP contribution in [-0.4, -0.2) is 11.0 Å². The number of furan rings is 1. The molecule has 0 aliphatic rings. The highest BCUT2D eigenvalue weighted by atomic mass is 32.1. The molecule has 0 aliphatic carbocycles. The number of hydrogen-bond donors (Lipinski definition) is 1. The lowest BCUT2D eigenvalue weighted by molar-refractivity contribution is 0.0957. The van der Waals surface area contributed by atoms with Crippen LogP contribution in [0.3, 0.4) is 0 Å². The molecule has 6 heteroatoms. The third-order valence-electron chi connectivity index (χ3n) is 4.25. The summed E-state index contributed by atoms with van der Waals surface area (Å²) in [6, 6.07) is 20.1. The first-order valence-corrected chi connectivity index (χ1v) is 9.41. The molecule has 0 bridgehead atoms. The van der Waals surface area contributed by atoms with Crippen molar-refractivity contribution in [2.45, 2.75) is 6.54 Å². The summed E-state index contributed by atoms with van der Waals surface area (Å²) in [6.07, 6.45) is 1.42. The molecule has 0 fully saturated rings. The van der Waals surface area contributed by atoms with Gasteiger partial charge in [-0.25, -0.2) is 4.39 Å². The smallest absolute Gasteiger partial charge is 0.294 e. The topological polar surface area (TPSA) is 53.7 Å². The number of halogens is 1. The van der Waals surface area contributed by atoms with Crippen molar-refractivity contribution in [3.05, 3.63) is 95.5 Å². The number of nitrogens with zero attached hydrogens (tertiary/aromatic N) is 1. The molecular formula is C22H16FNO3S. The molecular weight excluding hydrogens is 377 g/mol. The zero-order valence-corrected chi connectivity index (χ0v) is 15.5. The highest BCUT2D eigenvalue weighted by Crippen LogP contribution is 2.32. The average molecular weight is 393 g/mol. The molecule has 0 spiro atoms. The van der Waals surface area contributed by atoms with Gasteiger partial charge in [0.2, 0.25) is 0 Å². The summed E-state index contributed by atoms with van der Waals surface area (Å²) in [5.74, 6) is -0.527. The Balaban J connectivity index is 1.66. The van der Waals surface area contributed by atoms with Gasteiger partial charge in [0.15, 0.2) is 5.76 Å². The fourth-order valence-electron chi connectivity index (χ4n) is 2.87. The van der Waals surface area contributed by atoms with E-state index >= 15 is 0 Å². The maximum Gasteiger partial charge on any atom is 0.294 e. The Hall–Kier alpha value is -3.38. The monoisotopic (exact) mass is 393 g/mol. The summed E-state index contributed by atoms with van der Waals surface area (Å²) in [4.78, 5) is 16.2. The number of carbonyl (C=O) groups is 1. The van der Waals surface area contributed by atoms with E-state index in [1.807, 2.05) is 24.3 Å². The molecule has 0 atom stereocenters. The predicted molar refractivity (Wildman–Crippen MR) is 107 cm³/mol. The SMILES string of the molecule is O=C(c1ccco1)N(Cc1ccc(-c2ccc(O)cc2)s1)c1ccccc1F. The largest absolute Gasteiger partial charge is 0.508 e. The first-order valence-electron chi connectivity index (χ1n) is 8.60. The fraction of sp³-hybridized carbons (Fsp3) is 0.0455. The molecule has 0 saturated carbocycles. The minimum atomic E-state index is -0.474. The molecule has 0 aliphatic heterocycles. The van der Waals surface area contributed by atoms with Crippen LogP contribution < -0.4 is 4.90 Å². The zero-order chi connectivity index (χ0) is 19.5. The molecule has 2 aromatic carbocycles. The van der Waals surface area contributed by atoms with Crippen molar-refractivity contribution in [2.24, 2.45) is 0 Å². The molecule has 4 rings (SSSR count). The van der Waals surface area contributed by atoms with Crippen LogP contribution in [0.4, 0.5) is 10.1 Å². The molecule has 0 saturated heterocycles. The van der Waals surface area contributed by atoms with Gasteiger partial charge < -0.3 is 9.52 Å². The number of carbonyl (C=O) groups excluding carboxylic acids is 1. The van der Waals surface area contributed by atoms with Crippen LogP contribution in [0.25, 0.3) is 10.4 Å². The Morgan fingerprint density at radius 3 is 2.50 bits per heavy atom.